The van der Waals surface area contributed by atoms with Crippen molar-refractivity contribution in [1.29, 1.82) is 0 Å². The molecule has 0 saturated carbocycles. The molecule has 102 valence electrons. The van der Waals surface area contributed by atoms with E-state index in [1.54, 1.807) is 11.3 Å². The maximum atomic E-state index is 4.68. The number of likely N-dealkylation sites (N-methyl/N-ethyl adjacent to an activating group) is 1. The number of piperazine rings is 1. The molecule has 0 spiro atoms. The summed E-state index contributed by atoms with van der Waals surface area (Å²) in [5.41, 5.74) is 1.23. The first-order chi connectivity index (χ1) is 8.81. The third-order valence-electron chi connectivity index (χ3n) is 3.42. The molecule has 4 nitrogen and oxygen atoms in total. The normalized spacial score (nSPS) is 18.3. The number of rotatable bonds is 6. The van der Waals surface area contributed by atoms with E-state index in [2.05, 4.69) is 39.3 Å². The zero-order valence-corrected chi connectivity index (χ0v) is 12.3. The fourth-order valence-electron chi connectivity index (χ4n) is 2.23. The molecule has 5 heteroatoms. The molecule has 0 bridgehead atoms. The van der Waals surface area contributed by atoms with Crippen LogP contribution in [0.4, 0.5) is 0 Å². The first-order valence-corrected chi connectivity index (χ1v) is 7.78. The van der Waals surface area contributed by atoms with Crippen LogP contribution in [-0.4, -0.2) is 54.1 Å². The van der Waals surface area contributed by atoms with E-state index in [0.717, 1.165) is 19.6 Å². The van der Waals surface area contributed by atoms with Crippen LogP contribution in [0, 0.1) is 0 Å². The summed E-state index contributed by atoms with van der Waals surface area (Å²) in [5.74, 6) is 0. The Bertz CT molecular complexity index is 345. The fraction of sp³-hybridized carbons (Fsp3) is 0.769. The minimum absolute atomic E-state index is 0.908. The van der Waals surface area contributed by atoms with Crippen LogP contribution in [-0.2, 0) is 13.1 Å². The summed E-state index contributed by atoms with van der Waals surface area (Å²) < 4.78 is 0. The van der Waals surface area contributed by atoms with Gasteiger partial charge in [0.15, 0.2) is 0 Å². The van der Waals surface area contributed by atoms with E-state index in [9.17, 15) is 0 Å². The monoisotopic (exact) mass is 268 g/mol. The average molecular weight is 268 g/mol. The summed E-state index contributed by atoms with van der Waals surface area (Å²) in [6, 6.07) is 0. The Balaban J connectivity index is 1.77. The van der Waals surface area contributed by atoms with Crippen molar-refractivity contribution in [2.24, 2.45) is 0 Å². The lowest BCUT2D eigenvalue weighted by molar-refractivity contribution is 0.131. The number of nitrogens with one attached hydrogen (secondary N) is 1. The third kappa shape index (κ3) is 4.02. The van der Waals surface area contributed by atoms with Crippen LogP contribution >= 0.6 is 11.3 Å². The van der Waals surface area contributed by atoms with Crippen LogP contribution in [0.5, 0.6) is 0 Å². The first-order valence-electron chi connectivity index (χ1n) is 6.90. The second-order valence-corrected chi connectivity index (χ2v) is 5.67. The molecule has 0 atom stereocenters. The predicted molar refractivity (Wildman–Crippen MR) is 76.9 cm³/mol. The zero-order chi connectivity index (χ0) is 12.8. The highest BCUT2D eigenvalue weighted by molar-refractivity contribution is 7.09. The molecule has 18 heavy (non-hydrogen) atoms. The van der Waals surface area contributed by atoms with Crippen LogP contribution < -0.4 is 5.32 Å². The lowest BCUT2D eigenvalue weighted by Gasteiger charge is -2.33. The Hall–Kier alpha value is -0.490. The number of thiazole rings is 1. The summed E-state index contributed by atoms with van der Waals surface area (Å²) in [4.78, 5) is 9.70. The summed E-state index contributed by atoms with van der Waals surface area (Å²) in [5, 5.41) is 6.74. The van der Waals surface area contributed by atoms with E-state index in [0.29, 0.717) is 0 Å². The van der Waals surface area contributed by atoms with Gasteiger partial charge in [0.25, 0.3) is 0 Å². The molecule has 0 amide bonds. The Morgan fingerprint density at radius 3 is 2.61 bits per heavy atom. The maximum absolute atomic E-state index is 4.68. The highest BCUT2D eigenvalue weighted by atomic mass is 32.1. The van der Waals surface area contributed by atoms with Gasteiger partial charge in [-0.15, -0.1) is 11.3 Å². The number of aromatic nitrogens is 1. The van der Waals surface area contributed by atoms with Crippen molar-refractivity contribution < 1.29 is 0 Å². The van der Waals surface area contributed by atoms with Gasteiger partial charge in [-0.05, 0) is 13.1 Å². The van der Waals surface area contributed by atoms with Gasteiger partial charge < -0.3 is 10.2 Å². The van der Waals surface area contributed by atoms with Gasteiger partial charge in [0.1, 0.15) is 5.01 Å². The van der Waals surface area contributed by atoms with Gasteiger partial charge in [-0.25, -0.2) is 4.98 Å². The van der Waals surface area contributed by atoms with E-state index in [1.807, 2.05) is 0 Å². The Labute approximate surface area is 114 Å². The van der Waals surface area contributed by atoms with Crippen LogP contribution in [0.1, 0.15) is 24.5 Å². The van der Waals surface area contributed by atoms with Crippen LogP contribution in [0.15, 0.2) is 5.38 Å². The van der Waals surface area contributed by atoms with Crippen LogP contribution in [0.3, 0.4) is 0 Å². The minimum Gasteiger partial charge on any atom is -0.311 e. The maximum Gasteiger partial charge on any atom is 0.107 e. The molecule has 1 aliphatic rings. The lowest BCUT2D eigenvalue weighted by atomic mass is 10.3. The van der Waals surface area contributed by atoms with E-state index in [1.165, 1.54) is 43.4 Å². The average Bonchev–Trinajstić information content (AvgIpc) is 2.85. The van der Waals surface area contributed by atoms with Gasteiger partial charge in [-0.1, -0.05) is 13.8 Å². The van der Waals surface area contributed by atoms with Gasteiger partial charge in [-0.2, -0.15) is 0 Å². The highest BCUT2D eigenvalue weighted by Gasteiger charge is 2.16. The predicted octanol–water partition coefficient (Wildman–Crippen LogP) is 1.39. The van der Waals surface area contributed by atoms with Crippen molar-refractivity contribution in [3.63, 3.8) is 0 Å². The van der Waals surface area contributed by atoms with Crippen LogP contribution in [0.2, 0.25) is 0 Å². The van der Waals surface area contributed by atoms with E-state index in [4.69, 9.17) is 0 Å². The number of hydrogen-bond donors (Lipinski definition) is 1. The van der Waals surface area contributed by atoms with Gasteiger partial charge >= 0.3 is 0 Å². The van der Waals surface area contributed by atoms with Crippen molar-refractivity contribution in [1.82, 2.24) is 20.1 Å². The second kappa shape index (κ2) is 7.19. The van der Waals surface area contributed by atoms with E-state index >= 15 is 0 Å². The second-order valence-electron chi connectivity index (χ2n) is 4.72. The zero-order valence-electron chi connectivity index (χ0n) is 11.5. The van der Waals surface area contributed by atoms with Crippen molar-refractivity contribution in [2.75, 3.05) is 39.3 Å². The molecule has 0 aliphatic carbocycles. The van der Waals surface area contributed by atoms with E-state index < -0.39 is 0 Å². The molecule has 1 aromatic heterocycles. The number of nitrogens with zero attached hydrogens (tertiary/aromatic N) is 3. The molecule has 1 aromatic rings. The lowest BCUT2D eigenvalue weighted by Crippen LogP contribution is -2.45. The van der Waals surface area contributed by atoms with Gasteiger partial charge in [0, 0.05) is 44.6 Å². The SMILES string of the molecule is CCNCc1nc(CN2CCN(CC)CC2)cs1. The molecule has 0 radical (unpaired) electrons. The van der Waals surface area contributed by atoms with E-state index in [-0.39, 0.29) is 0 Å². The van der Waals surface area contributed by atoms with Crippen LogP contribution in [0.25, 0.3) is 0 Å². The van der Waals surface area contributed by atoms with Crippen molar-refractivity contribution in [3.05, 3.63) is 16.1 Å². The molecule has 1 saturated heterocycles. The van der Waals surface area contributed by atoms with Gasteiger partial charge in [0.05, 0.1) is 5.69 Å². The topological polar surface area (TPSA) is 31.4 Å². The molecule has 0 aromatic carbocycles. The number of hydrogen-bond acceptors (Lipinski definition) is 5. The Morgan fingerprint density at radius 2 is 1.94 bits per heavy atom. The molecule has 2 heterocycles. The fourth-order valence-corrected chi connectivity index (χ4v) is 2.98. The molecule has 1 fully saturated rings. The first kappa shape index (κ1) is 13.9. The highest BCUT2D eigenvalue weighted by Crippen LogP contribution is 2.13. The molecular weight excluding hydrogens is 244 g/mol. The van der Waals surface area contributed by atoms with Crippen molar-refractivity contribution in [3.8, 4) is 0 Å². The summed E-state index contributed by atoms with van der Waals surface area (Å²) in [7, 11) is 0. The molecule has 1 aliphatic heterocycles. The Kier molecular flexibility index (Phi) is 5.56. The quantitative estimate of drug-likeness (QED) is 0.845. The van der Waals surface area contributed by atoms with Gasteiger partial charge in [-0.3, -0.25) is 4.90 Å². The largest absolute Gasteiger partial charge is 0.311 e. The van der Waals surface area contributed by atoms with Crippen molar-refractivity contribution in [2.45, 2.75) is 26.9 Å². The minimum atomic E-state index is 0.908. The van der Waals surface area contributed by atoms with Crippen molar-refractivity contribution >= 4 is 11.3 Å². The smallest absolute Gasteiger partial charge is 0.107 e. The third-order valence-corrected chi connectivity index (χ3v) is 4.32. The molecular formula is C13H24N4S. The molecule has 2 rings (SSSR count). The summed E-state index contributed by atoms with van der Waals surface area (Å²) in [6.07, 6.45) is 0. The molecule has 1 N–H and O–H groups in total. The molecule has 0 unspecified atom stereocenters. The summed E-state index contributed by atoms with van der Waals surface area (Å²) >= 11 is 1.77. The Morgan fingerprint density at radius 1 is 1.22 bits per heavy atom. The van der Waals surface area contributed by atoms with Gasteiger partial charge in [0.2, 0.25) is 0 Å². The standard InChI is InChI=1S/C13H24N4S/c1-3-14-9-13-15-12(11-18-13)10-17-7-5-16(4-2)6-8-17/h11,14H,3-10H2,1-2H3. The summed E-state index contributed by atoms with van der Waals surface area (Å²) in [6.45, 7) is 13.2.